The van der Waals surface area contributed by atoms with Crippen LogP contribution >= 0.6 is 0 Å². The van der Waals surface area contributed by atoms with Gasteiger partial charge in [0.2, 0.25) is 0 Å². The zero-order valence-electron chi connectivity index (χ0n) is 16.9. The van der Waals surface area contributed by atoms with Crippen LogP contribution in [0.1, 0.15) is 6.42 Å². The second-order valence-corrected chi connectivity index (χ2v) is 7.27. The second kappa shape index (κ2) is 11.7. The van der Waals surface area contributed by atoms with Crippen LogP contribution in [0.15, 0.2) is 27.3 Å². The number of nitrogens with two attached hydrogens (primary N) is 2. The second-order valence-electron chi connectivity index (χ2n) is 7.27. The van der Waals surface area contributed by atoms with Crippen molar-refractivity contribution in [3.05, 3.63) is 16.7 Å². The van der Waals surface area contributed by atoms with Crippen molar-refractivity contribution in [2.45, 2.75) is 61.7 Å². The van der Waals surface area contributed by atoms with Crippen LogP contribution in [0.3, 0.4) is 0 Å². The van der Waals surface area contributed by atoms with Gasteiger partial charge in [-0.15, -0.1) is 5.11 Å². The van der Waals surface area contributed by atoms with Gasteiger partial charge < -0.3 is 56.2 Å². The molecule has 9 atom stereocenters. The molecule has 0 aromatic rings. The molecule has 15 heteroatoms. The largest absolute Gasteiger partial charge is 0.394 e. The Hall–Kier alpha value is -1.82. The standard InChI is InChI=1S/C16H30N6O9/c1-22(11-2-8(25)9(4-23)30-11)3-7(15(17)19-21-18)6-29-16-12(20-28)14(27)13(26)10(5-24)31-16/h3,8-16,23-27H,2,4-6,17H2,1H3,(H2,18,19)/b7-3-/t8?,9-,10?,11-,12?,13-,14?,15?,16-/m1/s1. The number of hydrogen-bond donors (Lipinski definition) is 7. The number of rotatable bonds is 10. The highest BCUT2D eigenvalue weighted by atomic mass is 16.7. The Morgan fingerprint density at radius 2 is 1.90 bits per heavy atom. The molecule has 2 aliphatic rings. The quantitative estimate of drug-likeness (QED) is 0.0741. The molecule has 0 aliphatic carbocycles. The molecule has 2 aliphatic heterocycles. The van der Waals surface area contributed by atoms with E-state index in [1.54, 1.807) is 11.9 Å². The van der Waals surface area contributed by atoms with Gasteiger partial charge in [0.05, 0.1) is 25.9 Å². The topological polar surface area (TPSA) is 238 Å². The summed E-state index contributed by atoms with van der Waals surface area (Å²) in [6.45, 7) is -1.24. The normalized spacial score (nSPS) is 37.8. The molecule has 0 saturated carbocycles. The molecule has 5 unspecified atom stereocenters. The number of nitroso groups, excluding NO2 is 1. The van der Waals surface area contributed by atoms with Crippen LogP contribution in [-0.4, -0.2) is 113 Å². The van der Waals surface area contributed by atoms with Gasteiger partial charge in [-0.3, -0.25) is 0 Å². The van der Waals surface area contributed by atoms with Crippen LogP contribution < -0.4 is 11.6 Å². The summed E-state index contributed by atoms with van der Waals surface area (Å²) in [5.41, 5.74) is 6.24. The van der Waals surface area contributed by atoms with Gasteiger partial charge in [-0.25, -0.2) is 0 Å². The van der Waals surface area contributed by atoms with Crippen molar-refractivity contribution in [1.29, 1.82) is 0 Å². The van der Waals surface area contributed by atoms with E-state index in [1.165, 1.54) is 6.20 Å². The first-order valence-electron chi connectivity index (χ1n) is 9.56. The molecule has 0 aromatic heterocycles. The third-order valence-corrected chi connectivity index (χ3v) is 5.16. The van der Waals surface area contributed by atoms with Gasteiger partial charge in [-0.1, -0.05) is 10.4 Å². The maximum Gasteiger partial charge on any atom is 0.186 e. The van der Waals surface area contributed by atoms with Crippen molar-refractivity contribution in [2.75, 3.05) is 26.9 Å². The zero-order chi connectivity index (χ0) is 23.1. The number of ether oxygens (including phenoxy) is 3. The summed E-state index contributed by atoms with van der Waals surface area (Å²) in [5.74, 6) is 5.07. The van der Waals surface area contributed by atoms with Crippen molar-refractivity contribution < 1.29 is 39.7 Å². The molecule has 178 valence electrons. The van der Waals surface area contributed by atoms with Gasteiger partial charge in [0.25, 0.3) is 0 Å². The number of aliphatic hydroxyl groups is 5. The van der Waals surface area contributed by atoms with Gasteiger partial charge in [-0.05, 0) is 0 Å². The summed E-state index contributed by atoms with van der Waals surface area (Å²) >= 11 is 0. The lowest BCUT2D eigenvalue weighted by Gasteiger charge is -2.39. The molecule has 9 N–H and O–H groups in total. The first-order valence-corrected chi connectivity index (χ1v) is 9.56. The lowest BCUT2D eigenvalue weighted by molar-refractivity contribution is -0.263. The summed E-state index contributed by atoms with van der Waals surface area (Å²) in [4.78, 5) is 12.7. The Bertz CT molecular complexity index is 641. The van der Waals surface area contributed by atoms with E-state index < -0.39 is 61.9 Å². The molecule has 2 rings (SSSR count). The highest BCUT2D eigenvalue weighted by Gasteiger charge is 2.46. The molecular weight excluding hydrogens is 420 g/mol. The van der Waals surface area contributed by atoms with E-state index >= 15 is 0 Å². The Morgan fingerprint density at radius 3 is 2.45 bits per heavy atom. The van der Waals surface area contributed by atoms with Gasteiger partial charge in [0.15, 0.2) is 12.3 Å². The third-order valence-electron chi connectivity index (χ3n) is 5.16. The summed E-state index contributed by atoms with van der Waals surface area (Å²) in [7, 11) is 1.64. The predicted molar refractivity (Wildman–Crippen MR) is 103 cm³/mol. The molecule has 0 spiro atoms. The monoisotopic (exact) mass is 450 g/mol. The molecule has 31 heavy (non-hydrogen) atoms. The Kier molecular flexibility index (Phi) is 9.60. The highest BCUT2D eigenvalue weighted by Crippen LogP contribution is 2.26. The molecule has 0 bridgehead atoms. The number of nitrogens with zero attached hydrogens (tertiary/aromatic N) is 4. The highest BCUT2D eigenvalue weighted by molar-refractivity contribution is 5.10. The third kappa shape index (κ3) is 6.12. The molecular formula is C16H30N6O9. The van der Waals surface area contributed by atoms with Gasteiger partial charge >= 0.3 is 0 Å². The minimum atomic E-state index is -1.61. The molecule has 0 amide bonds. The molecule has 15 nitrogen and oxygen atoms in total. The smallest absolute Gasteiger partial charge is 0.186 e. The number of aliphatic hydroxyl groups excluding tert-OH is 5. The van der Waals surface area contributed by atoms with Gasteiger partial charge in [0.1, 0.15) is 36.8 Å². The summed E-state index contributed by atoms with van der Waals surface area (Å²) in [5, 5.41) is 57.9. The van der Waals surface area contributed by atoms with E-state index in [9.17, 15) is 30.4 Å². The van der Waals surface area contributed by atoms with E-state index in [-0.39, 0.29) is 19.6 Å². The van der Waals surface area contributed by atoms with Crippen molar-refractivity contribution in [1.82, 2.24) is 4.90 Å². The Balaban J connectivity index is 2.13. The van der Waals surface area contributed by atoms with Crippen LogP contribution in [0.2, 0.25) is 0 Å². The maximum atomic E-state index is 11.1. The lowest BCUT2D eigenvalue weighted by Crippen LogP contribution is -2.58. The Labute approximate surface area is 177 Å². The van der Waals surface area contributed by atoms with Crippen LogP contribution in [0.4, 0.5) is 0 Å². The fraction of sp³-hybridized carbons (Fsp3) is 0.875. The van der Waals surface area contributed by atoms with Crippen molar-refractivity contribution in [2.24, 2.45) is 27.1 Å². The van der Waals surface area contributed by atoms with E-state index in [1.807, 2.05) is 0 Å². The zero-order valence-corrected chi connectivity index (χ0v) is 16.9. The molecule has 2 heterocycles. The maximum absolute atomic E-state index is 11.1. The molecule has 2 fully saturated rings. The van der Waals surface area contributed by atoms with Crippen LogP contribution in [-0.2, 0) is 14.2 Å². The fourth-order valence-corrected chi connectivity index (χ4v) is 3.32. The summed E-state index contributed by atoms with van der Waals surface area (Å²) in [6, 6.07) is -1.46. The molecule has 0 radical (unpaired) electrons. The summed E-state index contributed by atoms with van der Waals surface area (Å²) < 4.78 is 16.4. The number of hydrogen-bond acceptors (Lipinski definition) is 14. The average Bonchev–Trinajstić information content (AvgIpc) is 3.14. The average molecular weight is 450 g/mol. The molecule has 2 saturated heterocycles. The predicted octanol–water partition coefficient (Wildman–Crippen LogP) is -3.53. The lowest BCUT2D eigenvalue weighted by atomic mass is 9.98. The van der Waals surface area contributed by atoms with Crippen LogP contribution in [0.25, 0.3) is 0 Å². The van der Waals surface area contributed by atoms with Crippen molar-refractivity contribution >= 4 is 0 Å². The SMILES string of the molecule is CN(/C=C(/CO[C@@H]1OC(CO)[C@@H](O)C(O)C1N=O)C(N)N=NN)[C@H]1CC(O)[C@@H](CO)O1. The first-order chi connectivity index (χ1) is 14.8. The van der Waals surface area contributed by atoms with E-state index in [2.05, 4.69) is 15.5 Å². The van der Waals surface area contributed by atoms with Gasteiger partial charge in [0, 0.05) is 25.2 Å². The van der Waals surface area contributed by atoms with E-state index in [0.717, 1.165) is 0 Å². The minimum Gasteiger partial charge on any atom is -0.394 e. The van der Waals surface area contributed by atoms with Crippen LogP contribution in [0, 0.1) is 4.91 Å². The fourth-order valence-electron chi connectivity index (χ4n) is 3.32. The van der Waals surface area contributed by atoms with E-state index in [0.29, 0.717) is 5.57 Å². The Morgan fingerprint density at radius 1 is 1.23 bits per heavy atom. The van der Waals surface area contributed by atoms with Gasteiger partial charge in [-0.2, -0.15) is 4.91 Å². The molecule has 0 aromatic carbocycles. The first kappa shape index (κ1) is 25.4. The van der Waals surface area contributed by atoms with Crippen LogP contribution in [0.5, 0.6) is 0 Å². The minimum absolute atomic E-state index is 0.227. The summed E-state index contributed by atoms with van der Waals surface area (Å²) in [6.07, 6.45) is -7.16. The van der Waals surface area contributed by atoms with E-state index in [4.69, 9.17) is 25.8 Å². The van der Waals surface area contributed by atoms with Crippen molar-refractivity contribution in [3.8, 4) is 0 Å². The van der Waals surface area contributed by atoms with Crippen molar-refractivity contribution in [3.63, 3.8) is 0 Å².